The first kappa shape index (κ1) is 14.6. The molecular formula is C13H18O5. The van der Waals surface area contributed by atoms with E-state index in [1.165, 1.54) is 12.2 Å². The lowest BCUT2D eigenvalue weighted by molar-refractivity contribution is -0.138. The van der Waals surface area contributed by atoms with Crippen molar-refractivity contribution < 1.29 is 24.9 Å². The van der Waals surface area contributed by atoms with Crippen LogP contribution in [0.4, 0.5) is 0 Å². The average Bonchev–Trinajstić information content (AvgIpc) is 2.31. The zero-order chi connectivity index (χ0) is 13.7. The maximum absolute atomic E-state index is 11.1. The molecule has 1 aliphatic heterocycles. The molecule has 0 amide bonds. The van der Waals surface area contributed by atoms with Crippen LogP contribution in [0, 0.1) is 0 Å². The molecule has 0 bridgehead atoms. The summed E-state index contributed by atoms with van der Waals surface area (Å²) in [7, 11) is 0. The number of carbonyl (C=O) groups is 1. The summed E-state index contributed by atoms with van der Waals surface area (Å²) in [6, 6.07) is 0. The van der Waals surface area contributed by atoms with Crippen LogP contribution in [0.1, 0.15) is 13.8 Å². The Bertz CT molecular complexity index is 383. The molecule has 0 aromatic carbocycles. The van der Waals surface area contributed by atoms with Crippen LogP contribution in [0.2, 0.25) is 0 Å². The average molecular weight is 254 g/mol. The summed E-state index contributed by atoms with van der Waals surface area (Å²) in [5, 5.41) is 28.6. The fraction of sp³-hybridized carbons (Fsp3) is 0.462. The van der Waals surface area contributed by atoms with Crippen molar-refractivity contribution in [2.24, 2.45) is 0 Å². The van der Waals surface area contributed by atoms with Crippen molar-refractivity contribution in [1.82, 2.24) is 0 Å². The Kier molecular flexibility index (Phi) is 5.27. The Balaban J connectivity index is 3.04. The SMILES string of the molecule is CC=CC(O)C1OC(C=CC)C(O)C=C1C(=O)O. The normalized spacial score (nSPS) is 30.7. The van der Waals surface area contributed by atoms with Crippen LogP contribution in [-0.4, -0.2) is 45.7 Å². The molecule has 4 atom stereocenters. The molecule has 5 nitrogen and oxygen atoms in total. The monoisotopic (exact) mass is 254 g/mol. The van der Waals surface area contributed by atoms with Crippen molar-refractivity contribution in [2.75, 3.05) is 0 Å². The fourth-order valence-corrected chi connectivity index (χ4v) is 1.80. The van der Waals surface area contributed by atoms with Gasteiger partial charge in [-0.1, -0.05) is 24.3 Å². The first-order valence-corrected chi connectivity index (χ1v) is 5.73. The van der Waals surface area contributed by atoms with E-state index in [4.69, 9.17) is 9.84 Å². The minimum atomic E-state index is -1.21. The highest BCUT2D eigenvalue weighted by Gasteiger charge is 2.36. The number of aliphatic carboxylic acids is 1. The number of aliphatic hydroxyl groups is 2. The molecule has 3 N–H and O–H groups in total. The van der Waals surface area contributed by atoms with Gasteiger partial charge in [-0.3, -0.25) is 0 Å². The van der Waals surface area contributed by atoms with E-state index in [1.54, 1.807) is 32.1 Å². The zero-order valence-electron chi connectivity index (χ0n) is 10.4. The van der Waals surface area contributed by atoms with Gasteiger partial charge in [-0.15, -0.1) is 0 Å². The maximum atomic E-state index is 11.1. The van der Waals surface area contributed by atoms with Gasteiger partial charge in [0.05, 0.1) is 5.57 Å². The minimum absolute atomic E-state index is 0.131. The highest BCUT2D eigenvalue weighted by Crippen LogP contribution is 2.24. The number of aliphatic hydroxyl groups excluding tert-OH is 2. The van der Waals surface area contributed by atoms with Crippen molar-refractivity contribution in [1.29, 1.82) is 0 Å². The topological polar surface area (TPSA) is 87.0 Å². The van der Waals surface area contributed by atoms with Crippen molar-refractivity contribution in [3.8, 4) is 0 Å². The van der Waals surface area contributed by atoms with E-state index in [0.717, 1.165) is 0 Å². The summed E-state index contributed by atoms with van der Waals surface area (Å²) in [4.78, 5) is 11.1. The summed E-state index contributed by atoms with van der Waals surface area (Å²) in [5.41, 5.74) is -0.131. The number of hydrogen-bond donors (Lipinski definition) is 3. The third kappa shape index (κ3) is 3.29. The first-order chi connectivity index (χ1) is 8.51. The van der Waals surface area contributed by atoms with Gasteiger partial charge in [-0.25, -0.2) is 4.79 Å². The molecule has 0 saturated heterocycles. The van der Waals surface area contributed by atoms with Gasteiger partial charge in [-0.2, -0.15) is 0 Å². The number of allylic oxidation sites excluding steroid dienone is 2. The molecule has 0 radical (unpaired) electrons. The second-order valence-corrected chi connectivity index (χ2v) is 3.98. The number of ether oxygens (including phenoxy) is 1. The van der Waals surface area contributed by atoms with Crippen molar-refractivity contribution in [3.63, 3.8) is 0 Å². The van der Waals surface area contributed by atoms with E-state index >= 15 is 0 Å². The fourth-order valence-electron chi connectivity index (χ4n) is 1.80. The maximum Gasteiger partial charge on any atom is 0.334 e. The Morgan fingerprint density at radius 1 is 1.44 bits per heavy atom. The number of carboxylic acid groups (broad SMARTS) is 1. The molecule has 4 unspecified atom stereocenters. The summed E-state index contributed by atoms with van der Waals surface area (Å²) >= 11 is 0. The van der Waals surface area contributed by atoms with Crippen LogP contribution in [0.25, 0.3) is 0 Å². The van der Waals surface area contributed by atoms with E-state index in [9.17, 15) is 15.0 Å². The lowest BCUT2D eigenvalue weighted by Crippen LogP contribution is -2.43. The van der Waals surface area contributed by atoms with Crippen molar-refractivity contribution >= 4 is 5.97 Å². The van der Waals surface area contributed by atoms with Crippen LogP contribution in [0.3, 0.4) is 0 Å². The van der Waals surface area contributed by atoms with E-state index in [1.807, 2.05) is 0 Å². The van der Waals surface area contributed by atoms with Crippen LogP contribution in [0.5, 0.6) is 0 Å². The Morgan fingerprint density at radius 3 is 2.61 bits per heavy atom. The van der Waals surface area contributed by atoms with Gasteiger partial charge in [0.25, 0.3) is 0 Å². The predicted octanol–water partition coefficient (Wildman–Crippen LogP) is 0.639. The Morgan fingerprint density at radius 2 is 2.11 bits per heavy atom. The number of carboxylic acids is 1. The summed E-state index contributed by atoms with van der Waals surface area (Å²) in [6.07, 6.45) is 3.88. The molecule has 0 fully saturated rings. The minimum Gasteiger partial charge on any atom is -0.478 e. The van der Waals surface area contributed by atoms with Gasteiger partial charge in [0.1, 0.15) is 24.4 Å². The summed E-state index contributed by atoms with van der Waals surface area (Å²) < 4.78 is 5.44. The molecule has 18 heavy (non-hydrogen) atoms. The molecule has 100 valence electrons. The summed E-state index contributed by atoms with van der Waals surface area (Å²) in [6.45, 7) is 3.48. The smallest absolute Gasteiger partial charge is 0.334 e. The van der Waals surface area contributed by atoms with Gasteiger partial charge in [0.15, 0.2) is 0 Å². The molecule has 0 spiro atoms. The van der Waals surface area contributed by atoms with E-state index < -0.39 is 30.4 Å². The molecule has 1 aliphatic rings. The van der Waals surface area contributed by atoms with Crippen molar-refractivity contribution in [2.45, 2.75) is 38.3 Å². The zero-order valence-corrected chi connectivity index (χ0v) is 10.4. The second-order valence-electron chi connectivity index (χ2n) is 3.98. The van der Waals surface area contributed by atoms with Crippen LogP contribution in [-0.2, 0) is 9.53 Å². The van der Waals surface area contributed by atoms with Crippen LogP contribution in [0.15, 0.2) is 36.0 Å². The molecule has 0 aliphatic carbocycles. The lowest BCUT2D eigenvalue weighted by Gasteiger charge is -2.32. The third-order valence-electron chi connectivity index (χ3n) is 2.63. The molecular weight excluding hydrogens is 236 g/mol. The number of hydrogen-bond acceptors (Lipinski definition) is 4. The molecule has 0 saturated carbocycles. The quantitative estimate of drug-likeness (QED) is 0.641. The van der Waals surface area contributed by atoms with Gasteiger partial charge in [0, 0.05) is 0 Å². The van der Waals surface area contributed by atoms with Gasteiger partial charge in [-0.05, 0) is 19.9 Å². The van der Waals surface area contributed by atoms with E-state index in [2.05, 4.69) is 0 Å². The van der Waals surface area contributed by atoms with Gasteiger partial charge >= 0.3 is 5.97 Å². The van der Waals surface area contributed by atoms with Gasteiger partial charge in [0.2, 0.25) is 0 Å². The number of rotatable bonds is 4. The Labute approximate surface area is 106 Å². The van der Waals surface area contributed by atoms with Crippen LogP contribution >= 0.6 is 0 Å². The molecule has 1 heterocycles. The molecule has 0 aromatic rings. The molecule has 0 aromatic heterocycles. The largest absolute Gasteiger partial charge is 0.478 e. The van der Waals surface area contributed by atoms with Crippen molar-refractivity contribution in [3.05, 3.63) is 36.0 Å². The third-order valence-corrected chi connectivity index (χ3v) is 2.63. The lowest BCUT2D eigenvalue weighted by atomic mass is 9.96. The highest BCUT2D eigenvalue weighted by molar-refractivity contribution is 5.88. The Hall–Kier alpha value is -1.43. The first-order valence-electron chi connectivity index (χ1n) is 5.73. The van der Waals surface area contributed by atoms with Gasteiger partial charge < -0.3 is 20.1 Å². The standard InChI is InChI=1S/C13H18O5/c1-3-5-9(14)12-8(13(16)17)7-10(15)11(18-12)6-4-2/h3-7,9-12,14-15H,1-2H3,(H,16,17). The molecule has 1 rings (SSSR count). The second kappa shape index (κ2) is 6.49. The molecule has 5 heteroatoms. The summed E-state index contributed by atoms with van der Waals surface area (Å²) in [5.74, 6) is -1.21. The highest BCUT2D eigenvalue weighted by atomic mass is 16.5. The van der Waals surface area contributed by atoms with Crippen LogP contribution < -0.4 is 0 Å². The van der Waals surface area contributed by atoms with E-state index in [-0.39, 0.29) is 5.57 Å². The predicted molar refractivity (Wildman–Crippen MR) is 66.0 cm³/mol. The van der Waals surface area contributed by atoms with E-state index in [0.29, 0.717) is 0 Å².